The van der Waals surface area contributed by atoms with E-state index in [9.17, 15) is 0 Å². The maximum Gasteiger partial charge on any atom is 0.0588 e. The minimum Gasteiger partial charge on any atom is -0.306 e. The van der Waals surface area contributed by atoms with Crippen LogP contribution in [0.25, 0.3) is 11.1 Å². The van der Waals surface area contributed by atoms with Crippen LogP contribution in [-0.2, 0) is 5.41 Å². The van der Waals surface area contributed by atoms with E-state index >= 15 is 0 Å². The van der Waals surface area contributed by atoms with Gasteiger partial charge < -0.3 is 4.90 Å². The van der Waals surface area contributed by atoms with Crippen LogP contribution in [0.1, 0.15) is 24.1 Å². The van der Waals surface area contributed by atoms with Crippen LogP contribution in [0.3, 0.4) is 0 Å². The molecule has 2 nitrogen and oxygen atoms in total. The highest BCUT2D eigenvalue weighted by atomic mass is 15.1. The molecule has 1 aromatic carbocycles. The molecule has 0 atom stereocenters. The first-order chi connectivity index (χ1) is 9.31. The Hall–Kier alpha value is -1.67. The molecular formula is C17H18N2. The quantitative estimate of drug-likeness (QED) is 0.714. The highest BCUT2D eigenvalue weighted by molar-refractivity contribution is 5.79. The van der Waals surface area contributed by atoms with Gasteiger partial charge in [-0.05, 0) is 50.2 Å². The third kappa shape index (κ3) is 1.44. The number of rotatable bonds is 0. The number of aromatic nitrogens is 1. The van der Waals surface area contributed by atoms with Gasteiger partial charge in [0.05, 0.1) is 5.69 Å². The number of pyridine rings is 1. The van der Waals surface area contributed by atoms with Crippen molar-refractivity contribution in [2.24, 2.45) is 0 Å². The van der Waals surface area contributed by atoms with E-state index in [0.717, 1.165) is 13.1 Å². The van der Waals surface area contributed by atoms with Gasteiger partial charge in [0.2, 0.25) is 0 Å². The first-order valence-corrected chi connectivity index (χ1v) is 7.05. The lowest BCUT2D eigenvalue weighted by atomic mass is 9.73. The van der Waals surface area contributed by atoms with E-state index in [0.29, 0.717) is 0 Å². The van der Waals surface area contributed by atoms with Crippen molar-refractivity contribution in [1.29, 1.82) is 0 Å². The summed E-state index contributed by atoms with van der Waals surface area (Å²) in [6, 6.07) is 13.2. The zero-order valence-corrected chi connectivity index (χ0v) is 11.3. The van der Waals surface area contributed by atoms with Crippen LogP contribution in [0.15, 0.2) is 42.6 Å². The summed E-state index contributed by atoms with van der Waals surface area (Å²) in [6.07, 6.45) is 4.32. The Morgan fingerprint density at radius 2 is 1.74 bits per heavy atom. The molecule has 2 aliphatic rings. The Bertz CT molecular complexity index is 577. The molecule has 1 saturated heterocycles. The van der Waals surface area contributed by atoms with Gasteiger partial charge in [-0.2, -0.15) is 0 Å². The maximum absolute atomic E-state index is 4.76. The van der Waals surface area contributed by atoms with Gasteiger partial charge in [-0.3, -0.25) is 4.98 Å². The summed E-state index contributed by atoms with van der Waals surface area (Å²) < 4.78 is 0. The van der Waals surface area contributed by atoms with Crippen LogP contribution in [0, 0.1) is 0 Å². The lowest BCUT2D eigenvalue weighted by molar-refractivity contribution is 0.213. The lowest BCUT2D eigenvalue weighted by Gasteiger charge is -2.38. The Labute approximate surface area is 114 Å². The average Bonchev–Trinajstić information content (AvgIpc) is 2.74. The fraction of sp³-hybridized carbons (Fsp3) is 0.353. The molecule has 0 N–H and O–H groups in total. The molecule has 96 valence electrons. The van der Waals surface area contributed by atoms with Gasteiger partial charge in [-0.1, -0.05) is 30.3 Å². The summed E-state index contributed by atoms with van der Waals surface area (Å²) in [7, 11) is 2.22. The van der Waals surface area contributed by atoms with Crippen molar-refractivity contribution in [1.82, 2.24) is 9.88 Å². The minimum absolute atomic E-state index is 0.166. The second-order valence-electron chi connectivity index (χ2n) is 5.83. The zero-order valence-electron chi connectivity index (χ0n) is 11.3. The van der Waals surface area contributed by atoms with E-state index in [2.05, 4.69) is 48.3 Å². The van der Waals surface area contributed by atoms with Gasteiger partial charge in [0, 0.05) is 17.2 Å². The summed E-state index contributed by atoms with van der Waals surface area (Å²) in [5.41, 5.74) is 5.72. The van der Waals surface area contributed by atoms with Crippen molar-refractivity contribution in [3.63, 3.8) is 0 Å². The molecule has 2 heterocycles. The molecule has 4 rings (SSSR count). The fourth-order valence-electron chi connectivity index (χ4n) is 3.77. The van der Waals surface area contributed by atoms with Gasteiger partial charge in [0.15, 0.2) is 0 Å². The predicted molar refractivity (Wildman–Crippen MR) is 77.2 cm³/mol. The van der Waals surface area contributed by atoms with Crippen molar-refractivity contribution < 1.29 is 0 Å². The second-order valence-corrected chi connectivity index (χ2v) is 5.83. The monoisotopic (exact) mass is 250 g/mol. The lowest BCUT2D eigenvalue weighted by Crippen LogP contribution is -2.40. The second kappa shape index (κ2) is 3.91. The third-order valence-corrected chi connectivity index (χ3v) is 4.83. The SMILES string of the molecule is CN1CCC2(CC1)c1ccccc1-c1cccnc12. The predicted octanol–water partition coefficient (Wildman–Crippen LogP) is 3.07. The number of benzene rings is 1. The average molecular weight is 250 g/mol. The van der Waals surface area contributed by atoms with Crippen LogP contribution in [0.5, 0.6) is 0 Å². The Balaban J connectivity index is 1.96. The van der Waals surface area contributed by atoms with Crippen LogP contribution in [-0.4, -0.2) is 30.0 Å². The highest BCUT2D eigenvalue weighted by Gasteiger charge is 2.45. The van der Waals surface area contributed by atoms with Gasteiger partial charge >= 0.3 is 0 Å². The molecule has 0 bridgehead atoms. The van der Waals surface area contributed by atoms with E-state index < -0.39 is 0 Å². The maximum atomic E-state index is 4.76. The van der Waals surface area contributed by atoms with Crippen molar-refractivity contribution in [2.75, 3.05) is 20.1 Å². The number of hydrogen-bond acceptors (Lipinski definition) is 2. The number of hydrogen-bond donors (Lipinski definition) is 0. The molecule has 0 saturated carbocycles. The smallest absolute Gasteiger partial charge is 0.0588 e. The molecule has 0 amide bonds. The van der Waals surface area contributed by atoms with E-state index in [4.69, 9.17) is 4.98 Å². The van der Waals surface area contributed by atoms with Crippen molar-refractivity contribution in [3.8, 4) is 11.1 Å². The number of nitrogens with zero attached hydrogens (tertiary/aromatic N) is 2. The topological polar surface area (TPSA) is 16.1 Å². The molecule has 2 aromatic rings. The molecule has 0 unspecified atom stereocenters. The molecule has 1 spiro atoms. The van der Waals surface area contributed by atoms with E-state index in [1.54, 1.807) is 0 Å². The fourth-order valence-corrected chi connectivity index (χ4v) is 3.77. The minimum atomic E-state index is 0.166. The molecular weight excluding hydrogens is 232 g/mol. The standard InChI is InChI=1S/C17H18N2/c1-19-11-8-17(9-12-19)15-7-3-2-5-13(15)14-6-4-10-18-16(14)17/h2-7,10H,8-9,11-12H2,1H3. The molecule has 0 radical (unpaired) electrons. The summed E-state index contributed by atoms with van der Waals surface area (Å²) in [4.78, 5) is 7.18. The first-order valence-electron chi connectivity index (χ1n) is 7.05. The number of likely N-dealkylation sites (tertiary alicyclic amines) is 1. The van der Waals surface area contributed by atoms with Crippen molar-refractivity contribution in [2.45, 2.75) is 18.3 Å². The Morgan fingerprint density at radius 3 is 2.58 bits per heavy atom. The number of fused-ring (bicyclic) bond motifs is 5. The van der Waals surface area contributed by atoms with Gasteiger partial charge in [0.1, 0.15) is 0 Å². The summed E-state index contributed by atoms with van der Waals surface area (Å²) in [5, 5.41) is 0. The van der Waals surface area contributed by atoms with Crippen LogP contribution < -0.4 is 0 Å². The van der Waals surface area contributed by atoms with Gasteiger partial charge in [-0.15, -0.1) is 0 Å². The molecule has 2 heteroatoms. The zero-order chi connectivity index (χ0) is 12.9. The van der Waals surface area contributed by atoms with Gasteiger partial charge in [-0.25, -0.2) is 0 Å². The van der Waals surface area contributed by atoms with E-state index in [-0.39, 0.29) is 5.41 Å². The summed E-state index contributed by atoms with van der Waals surface area (Å²) in [5.74, 6) is 0. The van der Waals surface area contributed by atoms with Crippen LogP contribution in [0.2, 0.25) is 0 Å². The molecule has 1 fully saturated rings. The largest absolute Gasteiger partial charge is 0.306 e. The third-order valence-electron chi connectivity index (χ3n) is 4.83. The van der Waals surface area contributed by atoms with E-state index in [1.807, 2.05) is 6.20 Å². The number of piperidine rings is 1. The van der Waals surface area contributed by atoms with E-state index in [1.165, 1.54) is 35.2 Å². The van der Waals surface area contributed by atoms with Crippen molar-refractivity contribution in [3.05, 3.63) is 53.9 Å². The van der Waals surface area contributed by atoms with Crippen LogP contribution >= 0.6 is 0 Å². The molecule has 1 aliphatic heterocycles. The first kappa shape index (κ1) is 11.2. The Morgan fingerprint density at radius 1 is 1.00 bits per heavy atom. The van der Waals surface area contributed by atoms with Crippen LogP contribution in [0.4, 0.5) is 0 Å². The van der Waals surface area contributed by atoms with Crippen molar-refractivity contribution >= 4 is 0 Å². The molecule has 1 aromatic heterocycles. The molecule has 1 aliphatic carbocycles. The molecule has 19 heavy (non-hydrogen) atoms. The normalized spacial score (nSPS) is 20.3. The summed E-state index contributed by atoms with van der Waals surface area (Å²) >= 11 is 0. The highest BCUT2D eigenvalue weighted by Crippen LogP contribution is 2.52. The van der Waals surface area contributed by atoms with Gasteiger partial charge in [0.25, 0.3) is 0 Å². The Kier molecular flexibility index (Phi) is 2.30. The summed E-state index contributed by atoms with van der Waals surface area (Å²) in [6.45, 7) is 2.31.